The number of hydrogen-bond donors (Lipinski definition) is 0. The molecule has 0 aliphatic carbocycles. The zero-order chi connectivity index (χ0) is 14.4. The first-order valence-corrected chi connectivity index (χ1v) is 8.49. The third-order valence-corrected chi connectivity index (χ3v) is 5.34. The van der Waals surface area contributed by atoms with E-state index in [0.717, 1.165) is 36.8 Å². The van der Waals surface area contributed by atoms with Crippen molar-refractivity contribution in [1.29, 1.82) is 0 Å². The SMILES string of the molecule is CSc1ncc(CN2CC[C@@]34OCCN3C(=O)C[C@@H]24)cn1. The molecule has 112 valence electrons. The lowest BCUT2D eigenvalue weighted by Crippen LogP contribution is -2.47. The molecular formula is C14H18N4O2S. The number of nitrogens with zero attached hydrogens (tertiary/aromatic N) is 4. The van der Waals surface area contributed by atoms with Gasteiger partial charge in [-0.1, -0.05) is 11.8 Å². The summed E-state index contributed by atoms with van der Waals surface area (Å²) < 4.78 is 5.99. The van der Waals surface area contributed by atoms with Crippen molar-refractivity contribution in [3.8, 4) is 0 Å². The Balaban J connectivity index is 1.53. The van der Waals surface area contributed by atoms with Crippen molar-refractivity contribution in [1.82, 2.24) is 19.8 Å². The van der Waals surface area contributed by atoms with Gasteiger partial charge in [0, 0.05) is 50.4 Å². The lowest BCUT2D eigenvalue weighted by Gasteiger charge is -2.31. The number of rotatable bonds is 3. The first-order chi connectivity index (χ1) is 10.2. The Bertz CT molecular complexity index is 567. The van der Waals surface area contributed by atoms with Crippen molar-refractivity contribution in [2.24, 2.45) is 0 Å². The number of hydrogen-bond acceptors (Lipinski definition) is 6. The summed E-state index contributed by atoms with van der Waals surface area (Å²) >= 11 is 1.54. The van der Waals surface area contributed by atoms with Gasteiger partial charge in [0.15, 0.2) is 10.9 Å². The second kappa shape index (κ2) is 4.93. The first kappa shape index (κ1) is 13.5. The van der Waals surface area contributed by atoms with Gasteiger partial charge < -0.3 is 9.64 Å². The Morgan fingerprint density at radius 1 is 1.43 bits per heavy atom. The predicted octanol–water partition coefficient (Wildman–Crippen LogP) is 0.732. The van der Waals surface area contributed by atoms with Crippen molar-refractivity contribution >= 4 is 17.7 Å². The Hall–Kier alpha value is -1.18. The molecule has 2 atom stereocenters. The quantitative estimate of drug-likeness (QED) is 0.606. The van der Waals surface area contributed by atoms with Gasteiger partial charge in [-0.25, -0.2) is 9.97 Å². The summed E-state index contributed by atoms with van der Waals surface area (Å²) in [5, 5.41) is 0.790. The second-order valence-electron chi connectivity index (χ2n) is 5.76. The van der Waals surface area contributed by atoms with Crippen molar-refractivity contribution in [2.75, 3.05) is 26.0 Å². The largest absolute Gasteiger partial charge is 0.352 e. The monoisotopic (exact) mass is 306 g/mol. The fourth-order valence-electron chi connectivity index (χ4n) is 3.83. The molecule has 0 unspecified atom stereocenters. The molecule has 7 heteroatoms. The van der Waals surface area contributed by atoms with Gasteiger partial charge in [0.2, 0.25) is 5.91 Å². The van der Waals surface area contributed by atoms with Gasteiger partial charge in [0.25, 0.3) is 0 Å². The fourth-order valence-corrected chi connectivity index (χ4v) is 4.15. The highest BCUT2D eigenvalue weighted by molar-refractivity contribution is 7.98. The van der Waals surface area contributed by atoms with E-state index in [1.165, 1.54) is 0 Å². The average Bonchev–Trinajstić information content (AvgIpc) is 3.13. The van der Waals surface area contributed by atoms with Crippen LogP contribution in [0.4, 0.5) is 0 Å². The molecule has 1 spiro atoms. The minimum atomic E-state index is -0.350. The smallest absolute Gasteiger partial charge is 0.226 e. The summed E-state index contributed by atoms with van der Waals surface area (Å²) in [6.45, 7) is 3.15. The number of carbonyl (C=O) groups excluding carboxylic acids is 1. The van der Waals surface area contributed by atoms with Crippen molar-refractivity contribution < 1.29 is 9.53 Å². The van der Waals surface area contributed by atoms with E-state index in [2.05, 4.69) is 14.9 Å². The van der Waals surface area contributed by atoms with Crippen molar-refractivity contribution in [3.63, 3.8) is 0 Å². The summed E-state index contributed by atoms with van der Waals surface area (Å²) in [7, 11) is 0. The van der Waals surface area contributed by atoms with Crippen LogP contribution in [0.2, 0.25) is 0 Å². The summed E-state index contributed by atoms with van der Waals surface area (Å²) in [5.74, 6) is 0.233. The molecule has 1 aromatic heterocycles. The highest BCUT2D eigenvalue weighted by Crippen LogP contribution is 2.45. The number of thioether (sulfide) groups is 1. The molecule has 0 N–H and O–H groups in total. The van der Waals surface area contributed by atoms with Crippen LogP contribution in [0, 0.1) is 0 Å². The molecule has 0 bridgehead atoms. The van der Waals surface area contributed by atoms with E-state index in [9.17, 15) is 4.79 Å². The van der Waals surface area contributed by atoms with Crippen molar-refractivity contribution in [2.45, 2.75) is 36.3 Å². The molecule has 4 heterocycles. The average molecular weight is 306 g/mol. The molecule has 1 aromatic rings. The molecule has 1 amide bonds. The van der Waals surface area contributed by atoms with Gasteiger partial charge in [-0.05, 0) is 6.26 Å². The van der Waals surface area contributed by atoms with Gasteiger partial charge in [0.05, 0.1) is 12.6 Å². The topological polar surface area (TPSA) is 58.6 Å². The van der Waals surface area contributed by atoms with Crippen molar-refractivity contribution in [3.05, 3.63) is 18.0 Å². The van der Waals surface area contributed by atoms with Gasteiger partial charge in [-0.2, -0.15) is 0 Å². The van der Waals surface area contributed by atoms with E-state index in [1.807, 2.05) is 23.5 Å². The van der Waals surface area contributed by atoms with E-state index in [-0.39, 0.29) is 17.7 Å². The van der Waals surface area contributed by atoms with Gasteiger partial charge in [-0.3, -0.25) is 9.69 Å². The molecule has 3 aliphatic rings. The first-order valence-electron chi connectivity index (χ1n) is 7.26. The number of ether oxygens (including phenoxy) is 1. The van der Waals surface area contributed by atoms with Crippen LogP contribution in [-0.4, -0.2) is 63.4 Å². The molecule has 21 heavy (non-hydrogen) atoms. The van der Waals surface area contributed by atoms with E-state index in [0.29, 0.717) is 13.0 Å². The Morgan fingerprint density at radius 3 is 3.00 bits per heavy atom. The zero-order valence-corrected chi connectivity index (χ0v) is 12.8. The summed E-state index contributed by atoms with van der Waals surface area (Å²) in [6.07, 6.45) is 7.22. The molecule has 4 rings (SSSR count). The number of likely N-dealkylation sites (tertiary alicyclic amines) is 1. The molecule has 3 aliphatic heterocycles. The molecular weight excluding hydrogens is 288 g/mol. The van der Waals surface area contributed by atoms with Crippen LogP contribution in [0.1, 0.15) is 18.4 Å². The maximum atomic E-state index is 12.1. The third kappa shape index (κ3) is 1.98. The number of aromatic nitrogens is 2. The standard InChI is InChI=1S/C14H18N4O2S/c1-21-13-15-7-10(8-16-13)9-17-3-2-14-11(17)6-12(19)18(14)4-5-20-14/h7-8,11H,2-6,9H2,1H3/t11-,14+/m1/s1. The molecule has 0 aromatic carbocycles. The Labute approximate surface area is 127 Å². The van der Waals surface area contributed by atoms with Crippen LogP contribution < -0.4 is 0 Å². The summed E-state index contributed by atoms with van der Waals surface area (Å²) in [4.78, 5) is 25.1. The van der Waals surface area contributed by atoms with Gasteiger partial charge >= 0.3 is 0 Å². The molecule has 3 saturated heterocycles. The fraction of sp³-hybridized carbons (Fsp3) is 0.643. The zero-order valence-electron chi connectivity index (χ0n) is 12.0. The van der Waals surface area contributed by atoms with Gasteiger partial charge in [-0.15, -0.1) is 0 Å². The predicted molar refractivity (Wildman–Crippen MR) is 77.6 cm³/mol. The number of amides is 1. The lowest BCUT2D eigenvalue weighted by atomic mass is 10.1. The normalized spacial score (nSPS) is 31.8. The summed E-state index contributed by atoms with van der Waals surface area (Å²) in [6, 6.07) is 0.174. The maximum Gasteiger partial charge on any atom is 0.226 e. The van der Waals surface area contributed by atoms with Crippen LogP contribution in [-0.2, 0) is 16.1 Å². The highest BCUT2D eigenvalue weighted by atomic mass is 32.2. The molecule has 6 nitrogen and oxygen atoms in total. The number of carbonyl (C=O) groups is 1. The van der Waals surface area contributed by atoms with Crippen LogP contribution in [0.5, 0.6) is 0 Å². The minimum absolute atomic E-state index is 0.174. The Kier molecular flexibility index (Phi) is 3.16. The van der Waals surface area contributed by atoms with Crippen LogP contribution >= 0.6 is 11.8 Å². The third-order valence-electron chi connectivity index (χ3n) is 4.76. The maximum absolute atomic E-state index is 12.1. The van der Waals surface area contributed by atoms with E-state index in [1.54, 1.807) is 11.8 Å². The highest BCUT2D eigenvalue weighted by Gasteiger charge is 2.61. The molecule has 0 radical (unpaired) electrons. The molecule has 3 fully saturated rings. The molecule has 0 saturated carbocycles. The minimum Gasteiger partial charge on any atom is -0.352 e. The van der Waals surface area contributed by atoms with E-state index < -0.39 is 0 Å². The Morgan fingerprint density at radius 2 is 2.24 bits per heavy atom. The van der Waals surface area contributed by atoms with Crippen LogP contribution in [0.3, 0.4) is 0 Å². The van der Waals surface area contributed by atoms with E-state index >= 15 is 0 Å². The van der Waals surface area contributed by atoms with Crippen LogP contribution in [0.15, 0.2) is 17.6 Å². The van der Waals surface area contributed by atoms with Crippen LogP contribution in [0.25, 0.3) is 0 Å². The van der Waals surface area contributed by atoms with E-state index in [4.69, 9.17) is 4.74 Å². The lowest BCUT2D eigenvalue weighted by molar-refractivity contribution is -0.136. The van der Waals surface area contributed by atoms with Gasteiger partial charge in [0.1, 0.15) is 0 Å². The summed E-state index contributed by atoms with van der Waals surface area (Å²) in [5.41, 5.74) is 0.741. The second-order valence-corrected chi connectivity index (χ2v) is 6.53.